The van der Waals surface area contributed by atoms with Gasteiger partial charge in [0.1, 0.15) is 11.3 Å². The van der Waals surface area contributed by atoms with Gasteiger partial charge in [0.15, 0.2) is 5.58 Å². The summed E-state index contributed by atoms with van der Waals surface area (Å²) in [6, 6.07) is 15.2. The predicted octanol–water partition coefficient (Wildman–Crippen LogP) is 5.81. The van der Waals surface area contributed by atoms with Gasteiger partial charge in [-0.15, -0.1) is 0 Å². The zero-order valence-corrected chi connectivity index (χ0v) is 15.8. The summed E-state index contributed by atoms with van der Waals surface area (Å²) >= 11 is 0. The van der Waals surface area contributed by atoms with E-state index in [1.165, 1.54) is 18.2 Å². The van der Waals surface area contributed by atoms with E-state index in [0.29, 0.717) is 11.6 Å². The Morgan fingerprint density at radius 2 is 1.75 bits per heavy atom. The molecule has 0 saturated heterocycles. The van der Waals surface area contributed by atoms with Gasteiger partial charge in [-0.3, -0.25) is 4.79 Å². The van der Waals surface area contributed by atoms with Crippen molar-refractivity contribution in [2.24, 2.45) is 0 Å². The molecular weight excluding hydrogens is 355 g/mol. The number of anilines is 1. The molecule has 0 aliphatic heterocycles. The summed E-state index contributed by atoms with van der Waals surface area (Å²) in [6.07, 6.45) is 0. The molecule has 0 atom stereocenters. The normalized spacial score (nSPS) is 11.0. The SMILES string of the molecule is Cc1cc2nc(-c3ccc(C)c(NC(=O)c4cccc(F)c4)c3)oc2cc1C. The van der Waals surface area contributed by atoms with E-state index >= 15 is 0 Å². The molecule has 0 aliphatic carbocycles. The lowest BCUT2D eigenvalue weighted by Gasteiger charge is -2.10. The second-order valence-corrected chi connectivity index (χ2v) is 6.92. The van der Waals surface area contributed by atoms with Gasteiger partial charge < -0.3 is 9.73 Å². The first-order valence-electron chi connectivity index (χ1n) is 8.96. The first kappa shape index (κ1) is 17.9. The molecule has 140 valence electrons. The molecule has 0 bridgehead atoms. The zero-order chi connectivity index (χ0) is 19.8. The predicted molar refractivity (Wildman–Crippen MR) is 108 cm³/mol. The molecule has 0 saturated carbocycles. The quantitative estimate of drug-likeness (QED) is 0.492. The molecule has 28 heavy (non-hydrogen) atoms. The number of carbonyl (C=O) groups is 1. The topological polar surface area (TPSA) is 55.1 Å². The summed E-state index contributed by atoms with van der Waals surface area (Å²) in [7, 11) is 0. The van der Waals surface area contributed by atoms with Crippen LogP contribution in [0.2, 0.25) is 0 Å². The van der Waals surface area contributed by atoms with Crippen molar-refractivity contribution in [3.63, 3.8) is 0 Å². The van der Waals surface area contributed by atoms with E-state index in [1.54, 1.807) is 6.07 Å². The molecule has 4 nitrogen and oxygen atoms in total. The third-order valence-corrected chi connectivity index (χ3v) is 4.82. The Morgan fingerprint density at radius 1 is 0.964 bits per heavy atom. The third kappa shape index (κ3) is 3.39. The Balaban J connectivity index is 1.68. The number of nitrogens with one attached hydrogen (secondary N) is 1. The fourth-order valence-corrected chi connectivity index (χ4v) is 3.02. The number of nitrogens with zero attached hydrogens (tertiary/aromatic N) is 1. The third-order valence-electron chi connectivity index (χ3n) is 4.82. The first-order chi connectivity index (χ1) is 13.4. The monoisotopic (exact) mass is 374 g/mol. The molecule has 0 spiro atoms. The number of oxazole rings is 1. The number of amides is 1. The van der Waals surface area contributed by atoms with Crippen molar-refractivity contribution < 1.29 is 13.6 Å². The molecule has 1 N–H and O–H groups in total. The van der Waals surface area contributed by atoms with Crippen LogP contribution in [0.1, 0.15) is 27.0 Å². The number of benzene rings is 3. The van der Waals surface area contributed by atoms with Crippen molar-refractivity contribution in [1.82, 2.24) is 4.98 Å². The average molecular weight is 374 g/mol. The molecule has 1 aromatic heterocycles. The minimum atomic E-state index is -0.449. The Kier molecular flexibility index (Phi) is 4.43. The van der Waals surface area contributed by atoms with Gasteiger partial charge in [-0.05, 0) is 79.9 Å². The maximum atomic E-state index is 13.4. The van der Waals surface area contributed by atoms with Gasteiger partial charge in [-0.25, -0.2) is 9.37 Å². The number of aryl methyl sites for hydroxylation is 3. The van der Waals surface area contributed by atoms with E-state index in [4.69, 9.17) is 4.42 Å². The van der Waals surface area contributed by atoms with Crippen LogP contribution < -0.4 is 5.32 Å². The number of rotatable bonds is 3. The van der Waals surface area contributed by atoms with Gasteiger partial charge in [-0.1, -0.05) is 12.1 Å². The smallest absolute Gasteiger partial charge is 0.255 e. The molecule has 1 amide bonds. The summed E-state index contributed by atoms with van der Waals surface area (Å²) in [6.45, 7) is 5.96. The van der Waals surface area contributed by atoms with E-state index < -0.39 is 5.82 Å². The highest BCUT2D eigenvalue weighted by Gasteiger charge is 2.13. The van der Waals surface area contributed by atoms with Crippen LogP contribution in [0.3, 0.4) is 0 Å². The van der Waals surface area contributed by atoms with Gasteiger partial charge >= 0.3 is 0 Å². The van der Waals surface area contributed by atoms with E-state index in [-0.39, 0.29) is 11.5 Å². The van der Waals surface area contributed by atoms with Gasteiger partial charge in [-0.2, -0.15) is 0 Å². The van der Waals surface area contributed by atoms with Crippen molar-refractivity contribution in [3.05, 3.63) is 82.7 Å². The maximum absolute atomic E-state index is 13.4. The second kappa shape index (κ2) is 6.93. The van der Waals surface area contributed by atoms with Crippen LogP contribution in [-0.4, -0.2) is 10.9 Å². The highest BCUT2D eigenvalue weighted by atomic mass is 19.1. The minimum absolute atomic E-state index is 0.262. The van der Waals surface area contributed by atoms with E-state index in [0.717, 1.165) is 33.4 Å². The van der Waals surface area contributed by atoms with Gasteiger partial charge in [0, 0.05) is 16.8 Å². The fourth-order valence-electron chi connectivity index (χ4n) is 3.02. The second-order valence-electron chi connectivity index (χ2n) is 6.92. The van der Waals surface area contributed by atoms with Gasteiger partial charge in [0.25, 0.3) is 5.91 Å². The summed E-state index contributed by atoms with van der Waals surface area (Å²) in [5.74, 6) is -0.333. The van der Waals surface area contributed by atoms with E-state index in [1.807, 2.05) is 51.1 Å². The molecule has 4 aromatic rings. The van der Waals surface area contributed by atoms with Crippen LogP contribution in [0.5, 0.6) is 0 Å². The number of halogens is 1. The maximum Gasteiger partial charge on any atom is 0.255 e. The van der Waals surface area contributed by atoms with Crippen LogP contribution in [-0.2, 0) is 0 Å². The summed E-state index contributed by atoms with van der Waals surface area (Å²) in [5.41, 5.74) is 6.34. The Labute approximate surface area is 162 Å². The van der Waals surface area contributed by atoms with Crippen LogP contribution >= 0.6 is 0 Å². The molecule has 0 unspecified atom stereocenters. The first-order valence-corrected chi connectivity index (χ1v) is 8.96. The van der Waals surface area contributed by atoms with E-state index in [2.05, 4.69) is 10.3 Å². The molecule has 0 radical (unpaired) electrons. The Bertz CT molecular complexity index is 1170. The lowest BCUT2D eigenvalue weighted by molar-refractivity contribution is 0.102. The molecule has 4 rings (SSSR count). The molecule has 1 heterocycles. The van der Waals surface area contributed by atoms with Crippen molar-refractivity contribution in [2.45, 2.75) is 20.8 Å². The molecule has 5 heteroatoms. The Hall–Kier alpha value is -3.47. The number of hydrogen-bond acceptors (Lipinski definition) is 3. The lowest BCUT2D eigenvalue weighted by atomic mass is 10.1. The van der Waals surface area contributed by atoms with Crippen molar-refractivity contribution in [1.29, 1.82) is 0 Å². The lowest BCUT2D eigenvalue weighted by Crippen LogP contribution is -2.13. The fraction of sp³-hybridized carbons (Fsp3) is 0.130. The minimum Gasteiger partial charge on any atom is -0.436 e. The van der Waals surface area contributed by atoms with Gasteiger partial charge in [0.05, 0.1) is 0 Å². The van der Waals surface area contributed by atoms with Crippen LogP contribution in [0.4, 0.5) is 10.1 Å². The Morgan fingerprint density at radius 3 is 2.54 bits per heavy atom. The number of carbonyl (C=O) groups excluding carboxylic acids is 1. The molecular formula is C23H19FN2O2. The van der Waals surface area contributed by atoms with Crippen LogP contribution in [0.25, 0.3) is 22.6 Å². The van der Waals surface area contributed by atoms with Crippen molar-refractivity contribution >= 4 is 22.7 Å². The van der Waals surface area contributed by atoms with E-state index in [9.17, 15) is 9.18 Å². The standard InChI is InChI=1S/C23H19FN2O2/c1-13-7-8-17(23-26-20-9-14(2)15(3)10-21(20)28-23)12-19(13)25-22(27)16-5-4-6-18(24)11-16/h4-12H,1-3H3,(H,25,27). The van der Waals surface area contributed by atoms with Crippen LogP contribution in [0, 0.1) is 26.6 Å². The largest absolute Gasteiger partial charge is 0.436 e. The van der Waals surface area contributed by atoms with Gasteiger partial charge in [0.2, 0.25) is 5.89 Å². The van der Waals surface area contributed by atoms with Crippen molar-refractivity contribution in [2.75, 3.05) is 5.32 Å². The number of hydrogen-bond donors (Lipinski definition) is 1. The summed E-state index contributed by atoms with van der Waals surface area (Å²) in [4.78, 5) is 17.0. The number of fused-ring (bicyclic) bond motifs is 1. The molecule has 3 aromatic carbocycles. The van der Waals surface area contributed by atoms with Crippen LogP contribution in [0.15, 0.2) is 59.0 Å². The highest BCUT2D eigenvalue weighted by Crippen LogP contribution is 2.29. The number of aromatic nitrogens is 1. The average Bonchev–Trinajstić information content (AvgIpc) is 3.06. The van der Waals surface area contributed by atoms with Crippen molar-refractivity contribution in [3.8, 4) is 11.5 Å². The summed E-state index contributed by atoms with van der Waals surface area (Å²) in [5, 5.41) is 2.84. The summed E-state index contributed by atoms with van der Waals surface area (Å²) < 4.78 is 19.3. The highest BCUT2D eigenvalue weighted by molar-refractivity contribution is 6.04. The molecule has 0 aliphatic rings. The zero-order valence-electron chi connectivity index (χ0n) is 15.8. The molecule has 0 fully saturated rings.